The fourth-order valence-corrected chi connectivity index (χ4v) is 3.35. The lowest BCUT2D eigenvalue weighted by atomic mass is 10.1. The first-order valence-electron chi connectivity index (χ1n) is 8.55. The Labute approximate surface area is 145 Å². The van der Waals surface area contributed by atoms with E-state index in [4.69, 9.17) is 9.15 Å². The summed E-state index contributed by atoms with van der Waals surface area (Å²) in [5.74, 6) is 0.211. The SMILES string of the molecule is O=C(Oc1ccc2c(=O)c(-c3ccccc3)coc2c1)C1CCCC1. The predicted octanol–water partition coefficient (Wildman–Crippen LogP) is 4.56. The molecule has 0 bridgehead atoms. The molecule has 4 rings (SSSR count). The van der Waals surface area contributed by atoms with Crippen molar-refractivity contribution in [3.63, 3.8) is 0 Å². The van der Waals surface area contributed by atoms with Crippen molar-refractivity contribution in [1.82, 2.24) is 0 Å². The first-order valence-corrected chi connectivity index (χ1v) is 8.55. The lowest BCUT2D eigenvalue weighted by molar-refractivity contribution is -0.138. The van der Waals surface area contributed by atoms with Gasteiger partial charge in [0.25, 0.3) is 0 Å². The van der Waals surface area contributed by atoms with E-state index >= 15 is 0 Å². The van der Waals surface area contributed by atoms with E-state index in [0.717, 1.165) is 31.2 Å². The molecule has 0 spiro atoms. The average Bonchev–Trinajstić information content (AvgIpc) is 3.18. The van der Waals surface area contributed by atoms with E-state index in [1.165, 1.54) is 6.26 Å². The predicted molar refractivity (Wildman–Crippen MR) is 95.5 cm³/mol. The van der Waals surface area contributed by atoms with Gasteiger partial charge in [-0.3, -0.25) is 9.59 Å². The van der Waals surface area contributed by atoms with Crippen molar-refractivity contribution in [1.29, 1.82) is 0 Å². The number of rotatable bonds is 3. The third kappa shape index (κ3) is 3.07. The van der Waals surface area contributed by atoms with Gasteiger partial charge in [-0.1, -0.05) is 43.2 Å². The van der Waals surface area contributed by atoms with Crippen molar-refractivity contribution in [2.45, 2.75) is 25.7 Å². The van der Waals surface area contributed by atoms with Crippen molar-refractivity contribution in [2.75, 3.05) is 0 Å². The van der Waals surface area contributed by atoms with E-state index in [0.29, 0.717) is 22.3 Å². The molecule has 0 amide bonds. The van der Waals surface area contributed by atoms with E-state index in [2.05, 4.69) is 0 Å². The Kier molecular flexibility index (Phi) is 4.10. The van der Waals surface area contributed by atoms with Gasteiger partial charge in [0.05, 0.1) is 16.9 Å². The number of esters is 1. The van der Waals surface area contributed by atoms with Gasteiger partial charge in [-0.05, 0) is 30.5 Å². The topological polar surface area (TPSA) is 56.5 Å². The van der Waals surface area contributed by atoms with Gasteiger partial charge in [0.1, 0.15) is 17.6 Å². The van der Waals surface area contributed by atoms with Crippen molar-refractivity contribution in [3.8, 4) is 16.9 Å². The summed E-state index contributed by atoms with van der Waals surface area (Å²) in [6, 6.07) is 14.3. The molecule has 0 radical (unpaired) electrons. The number of ether oxygens (including phenoxy) is 1. The summed E-state index contributed by atoms with van der Waals surface area (Å²) in [7, 11) is 0. The van der Waals surface area contributed by atoms with Crippen LogP contribution in [0.3, 0.4) is 0 Å². The summed E-state index contributed by atoms with van der Waals surface area (Å²) in [6.45, 7) is 0. The van der Waals surface area contributed by atoms with Crippen LogP contribution < -0.4 is 10.2 Å². The lowest BCUT2D eigenvalue weighted by Crippen LogP contribution is -2.17. The van der Waals surface area contributed by atoms with E-state index in [1.807, 2.05) is 30.3 Å². The molecule has 126 valence electrons. The third-order valence-corrected chi connectivity index (χ3v) is 4.74. The number of carbonyl (C=O) groups is 1. The second-order valence-corrected chi connectivity index (χ2v) is 6.40. The molecular weight excluding hydrogens is 316 g/mol. The zero-order chi connectivity index (χ0) is 17.2. The summed E-state index contributed by atoms with van der Waals surface area (Å²) in [5.41, 5.74) is 1.65. The Bertz CT molecular complexity index is 966. The van der Waals surface area contributed by atoms with E-state index in [9.17, 15) is 9.59 Å². The van der Waals surface area contributed by atoms with Crippen LogP contribution in [0.2, 0.25) is 0 Å². The van der Waals surface area contributed by atoms with Crippen LogP contribution in [0, 0.1) is 5.92 Å². The molecule has 0 saturated heterocycles. The maximum atomic E-state index is 12.7. The molecule has 0 N–H and O–H groups in total. The van der Waals surface area contributed by atoms with Gasteiger partial charge in [0.2, 0.25) is 0 Å². The number of hydrogen-bond acceptors (Lipinski definition) is 4. The molecule has 0 atom stereocenters. The van der Waals surface area contributed by atoms with Crippen LogP contribution in [0.4, 0.5) is 0 Å². The minimum Gasteiger partial charge on any atom is -0.463 e. The Morgan fingerprint density at radius 3 is 2.56 bits per heavy atom. The Balaban J connectivity index is 1.66. The van der Waals surface area contributed by atoms with Crippen LogP contribution in [0.15, 0.2) is 64.0 Å². The van der Waals surface area contributed by atoms with Crippen LogP contribution in [-0.2, 0) is 4.79 Å². The van der Waals surface area contributed by atoms with Gasteiger partial charge in [0.15, 0.2) is 5.43 Å². The average molecular weight is 334 g/mol. The fraction of sp³-hybridized carbons (Fsp3) is 0.238. The molecule has 3 aromatic rings. The molecule has 1 aromatic heterocycles. The molecule has 1 aliphatic carbocycles. The molecular formula is C21H18O4. The second-order valence-electron chi connectivity index (χ2n) is 6.40. The molecule has 0 unspecified atom stereocenters. The van der Waals surface area contributed by atoms with Gasteiger partial charge in [0, 0.05) is 6.07 Å². The summed E-state index contributed by atoms with van der Waals surface area (Å²) >= 11 is 0. The Morgan fingerprint density at radius 2 is 1.80 bits per heavy atom. The molecule has 25 heavy (non-hydrogen) atoms. The zero-order valence-electron chi connectivity index (χ0n) is 13.7. The number of benzene rings is 2. The van der Waals surface area contributed by atoms with Crippen LogP contribution in [-0.4, -0.2) is 5.97 Å². The lowest BCUT2D eigenvalue weighted by Gasteiger charge is -2.09. The minimum atomic E-state index is -0.194. The highest BCUT2D eigenvalue weighted by Crippen LogP contribution is 2.28. The largest absolute Gasteiger partial charge is 0.463 e. The molecule has 1 aliphatic rings. The van der Waals surface area contributed by atoms with Gasteiger partial charge in [-0.2, -0.15) is 0 Å². The maximum absolute atomic E-state index is 12.7. The smallest absolute Gasteiger partial charge is 0.314 e. The second kappa shape index (κ2) is 6.55. The van der Waals surface area contributed by atoms with E-state index in [-0.39, 0.29) is 17.3 Å². The number of fused-ring (bicyclic) bond motifs is 1. The van der Waals surface area contributed by atoms with Gasteiger partial charge < -0.3 is 9.15 Å². The highest BCUT2D eigenvalue weighted by atomic mass is 16.5. The summed E-state index contributed by atoms with van der Waals surface area (Å²) in [4.78, 5) is 24.8. The first kappa shape index (κ1) is 15.6. The van der Waals surface area contributed by atoms with E-state index < -0.39 is 0 Å². The monoisotopic (exact) mass is 334 g/mol. The van der Waals surface area contributed by atoms with Crippen molar-refractivity contribution in [3.05, 3.63) is 65.0 Å². The summed E-state index contributed by atoms with van der Waals surface area (Å²) in [5, 5.41) is 0.474. The van der Waals surface area contributed by atoms with Crippen LogP contribution in [0.5, 0.6) is 5.75 Å². The molecule has 1 fully saturated rings. The Hall–Kier alpha value is -2.88. The molecule has 1 heterocycles. The van der Waals surface area contributed by atoms with Crippen molar-refractivity contribution in [2.24, 2.45) is 5.92 Å². The molecule has 4 nitrogen and oxygen atoms in total. The number of carbonyl (C=O) groups excluding carboxylic acids is 1. The highest BCUT2D eigenvalue weighted by molar-refractivity contribution is 5.83. The standard InChI is InChI=1S/C21H18O4/c22-20-17-11-10-16(25-21(23)15-8-4-5-9-15)12-19(17)24-13-18(20)14-6-2-1-3-7-14/h1-3,6-7,10-13,15H,4-5,8-9H2. The van der Waals surface area contributed by atoms with Crippen LogP contribution in [0.1, 0.15) is 25.7 Å². The first-order chi connectivity index (χ1) is 12.2. The normalized spacial score (nSPS) is 14.7. The van der Waals surface area contributed by atoms with Crippen LogP contribution in [0.25, 0.3) is 22.1 Å². The van der Waals surface area contributed by atoms with Crippen molar-refractivity contribution < 1.29 is 13.9 Å². The zero-order valence-corrected chi connectivity index (χ0v) is 13.7. The van der Waals surface area contributed by atoms with Gasteiger partial charge in [-0.25, -0.2) is 0 Å². The number of hydrogen-bond donors (Lipinski definition) is 0. The van der Waals surface area contributed by atoms with Gasteiger partial charge >= 0.3 is 5.97 Å². The summed E-state index contributed by atoms with van der Waals surface area (Å²) < 4.78 is 11.1. The Morgan fingerprint density at radius 1 is 1.04 bits per heavy atom. The van der Waals surface area contributed by atoms with Crippen molar-refractivity contribution >= 4 is 16.9 Å². The van der Waals surface area contributed by atoms with Gasteiger partial charge in [-0.15, -0.1) is 0 Å². The maximum Gasteiger partial charge on any atom is 0.314 e. The fourth-order valence-electron chi connectivity index (χ4n) is 3.35. The quantitative estimate of drug-likeness (QED) is 0.520. The molecule has 1 saturated carbocycles. The van der Waals surface area contributed by atoms with E-state index in [1.54, 1.807) is 18.2 Å². The molecule has 0 aliphatic heterocycles. The molecule has 2 aromatic carbocycles. The highest BCUT2D eigenvalue weighted by Gasteiger charge is 2.24. The molecule has 4 heteroatoms. The van der Waals surface area contributed by atoms with Crippen LogP contribution >= 0.6 is 0 Å². The minimum absolute atomic E-state index is 0.0110. The summed E-state index contributed by atoms with van der Waals surface area (Å²) in [6.07, 6.45) is 5.40. The third-order valence-electron chi connectivity index (χ3n) is 4.74.